The summed E-state index contributed by atoms with van der Waals surface area (Å²) in [6, 6.07) is 12.4. The third-order valence-electron chi connectivity index (χ3n) is 4.02. The molecular weight excluding hydrogens is 414 g/mol. The molecule has 0 radical (unpaired) electrons. The van der Waals surface area contributed by atoms with E-state index in [0.717, 1.165) is 6.92 Å². The zero-order chi connectivity index (χ0) is 21.9. The number of carbonyl (C=O) groups is 1. The number of hydrogen-bond donors (Lipinski definition) is 2. The summed E-state index contributed by atoms with van der Waals surface area (Å²) in [5.41, 5.74) is 0.207. The third-order valence-corrected chi connectivity index (χ3v) is 5.37. The first kappa shape index (κ1) is 21.1. The second kappa shape index (κ2) is 8.37. The van der Waals surface area contributed by atoms with Crippen LogP contribution in [0.4, 0.5) is 5.88 Å². The predicted molar refractivity (Wildman–Crippen MR) is 107 cm³/mol. The van der Waals surface area contributed by atoms with Crippen LogP contribution in [0, 0.1) is 0 Å². The minimum Gasteiger partial charge on any atom is -0.502 e. The van der Waals surface area contributed by atoms with Gasteiger partial charge in [-0.3, -0.25) is 4.79 Å². The molecule has 2 N–H and O–H groups in total. The Morgan fingerprint density at radius 1 is 1.00 bits per heavy atom. The van der Waals surface area contributed by atoms with Gasteiger partial charge in [0.15, 0.2) is 5.76 Å². The molecule has 2 aromatic carbocycles. The number of anilines is 1. The van der Waals surface area contributed by atoms with Crippen LogP contribution in [0.5, 0.6) is 23.0 Å². The van der Waals surface area contributed by atoms with E-state index in [1.807, 2.05) is 0 Å². The first-order valence-electron chi connectivity index (χ1n) is 8.62. The van der Waals surface area contributed by atoms with Crippen LogP contribution in [0.15, 0.2) is 57.8 Å². The van der Waals surface area contributed by atoms with Gasteiger partial charge in [-0.1, -0.05) is 24.3 Å². The smallest absolute Gasteiger partial charge is 0.308 e. The third kappa shape index (κ3) is 4.03. The quantitative estimate of drug-likeness (QED) is 0.543. The fraction of sp³-hybridized carbons (Fsp3) is 0.150. The second-order valence-corrected chi connectivity index (χ2v) is 7.67. The lowest BCUT2D eigenvalue weighted by Gasteiger charge is -2.11. The fourth-order valence-corrected chi connectivity index (χ4v) is 3.75. The van der Waals surface area contributed by atoms with Gasteiger partial charge in [-0.2, -0.15) is 0 Å². The fourth-order valence-electron chi connectivity index (χ4n) is 2.74. The molecule has 0 aliphatic carbocycles. The van der Waals surface area contributed by atoms with E-state index in [9.17, 15) is 18.3 Å². The first-order chi connectivity index (χ1) is 14.3. The van der Waals surface area contributed by atoms with E-state index in [1.165, 1.54) is 26.4 Å². The van der Waals surface area contributed by atoms with Crippen LogP contribution >= 0.6 is 0 Å². The van der Waals surface area contributed by atoms with Crippen molar-refractivity contribution in [2.75, 3.05) is 18.9 Å². The minimum atomic E-state index is -4.10. The van der Waals surface area contributed by atoms with Crippen molar-refractivity contribution >= 4 is 21.9 Å². The molecule has 0 bridgehead atoms. The molecule has 30 heavy (non-hydrogen) atoms. The monoisotopic (exact) mass is 433 g/mol. The number of sulfonamides is 1. The van der Waals surface area contributed by atoms with Crippen molar-refractivity contribution in [2.24, 2.45) is 0 Å². The molecule has 0 spiro atoms. The summed E-state index contributed by atoms with van der Waals surface area (Å²) < 4.78 is 48.8. The molecular formula is C20H19NO8S. The molecule has 10 heteroatoms. The van der Waals surface area contributed by atoms with Crippen LogP contribution in [-0.4, -0.2) is 33.7 Å². The lowest BCUT2D eigenvalue weighted by Crippen LogP contribution is -2.13. The van der Waals surface area contributed by atoms with Crippen molar-refractivity contribution in [3.8, 4) is 34.3 Å². The summed E-state index contributed by atoms with van der Waals surface area (Å²) in [6.45, 7) is 1.10. The van der Waals surface area contributed by atoms with Crippen molar-refractivity contribution in [3.05, 3.63) is 48.5 Å². The molecule has 0 saturated carbocycles. The molecule has 0 aliphatic rings. The van der Waals surface area contributed by atoms with Crippen molar-refractivity contribution in [2.45, 2.75) is 11.8 Å². The highest BCUT2D eigenvalue weighted by Crippen LogP contribution is 2.51. The lowest BCUT2D eigenvalue weighted by molar-refractivity contribution is -0.131. The number of rotatable bonds is 7. The molecule has 9 nitrogen and oxygen atoms in total. The average Bonchev–Trinajstić information content (AvgIpc) is 3.02. The number of furan rings is 1. The van der Waals surface area contributed by atoms with Gasteiger partial charge in [-0.15, -0.1) is 0 Å². The molecule has 3 rings (SSSR count). The standard InChI is InChI=1S/C20H19NO8S/c1-12(22)28-19-17(23)18(16-14(26-2)10-7-11-15(16)27-3)29-20(19)21-30(24,25)13-8-5-4-6-9-13/h4-11,21,23H,1-3H3. The van der Waals surface area contributed by atoms with E-state index in [-0.39, 0.29) is 27.7 Å². The Balaban J connectivity index is 2.18. The molecule has 0 unspecified atom stereocenters. The number of hydrogen-bond acceptors (Lipinski definition) is 8. The topological polar surface area (TPSA) is 124 Å². The summed E-state index contributed by atoms with van der Waals surface area (Å²) in [6.07, 6.45) is 0. The van der Waals surface area contributed by atoms with Crippen LogP contribution in [0.3, 0.4) is 0 Å². The number of aromatic hydroxyl groups is 1. The van der Waals surface area contributed by atoms with E-state index in [2.05, 4.69) is 4.72 Å². The summed E-state index contributed by atoms with van der Waals surface area (Å²) in [5, 5.41) is 10.7. The Labute approximate surface area is 172 Å². The van der Waals surface area contributed by atoms with Crippen LogP contribution < -0.4 is 18.9 Å². The Kier molecular flexibility index (Phi) is 5.88. The highest BCUT2D eigenvalue weighted by Gasteiger charge is 2.30. The van der Waals surface area contributed by atoms with Gasteiger partial charge < -0.3 is 23.7 Å². The van der Waals surface area contributed by atoms with Gasteiger partial charge in [0.2, 0.25) is 11.5 Å². The normalized spacial score (nSPS) is 11.0. The average molecular weight is 433 g/mol. The maximum atomic E-state index is 12.7. The molecule has 0 saturated heterocycles. The van der Waals surface area contributed by atoms with Gasteiger partial charge in [-0.25, -0.2) is 13.1 Å². The number of esters is 1. The van der Waals surface area contributed by atoms with Crippen molar-refractivity contribution in [1.29, 1.82) is 0 Å². The molecule has 0 fully saturated rings. The SMILES string of the molecule is COc1cccc(OC)c1-c1oc(NS(=O)(=O)c2ccccc2)c(OC(C)=O)c1O. The molecule has 1 heterocycles. The Bertz CT molecular complexity index is 1150. The first-order valence-corrected chi connectivity index (χ1v) is 10.1. The van der Waals surface area contributed by atoms with Crippen LogP contribution in [0.2, 0.25) is 0 Å². The van der Waals surface area contributed by atoms with Crippen molar-refractivity contribution in [1.82, 2.24) is 0 Å². The van der Waals surface area contributed by atoms with Gasteiger partial charge >= 0.3 is 5.97 Å². The number of ether oxygens (including phenoxy) is 3. The van der Waals surface area contributed by atoms with Crippen LogP contribution in [0.25, 0.3) is 11.3 Å². The maximum Gasteiger partial charge on any atom is 0.308 e. The molecule has 0 amide bonds. The number of methoxy groups -OCH3 is 2. The predicted octanol–water partition coefficient (Wildman–Crippen LogP) is 3.40. The minimum absolute atomic E-state index is 0.0499. The molecule has 3 aromatic rings. The van der Waals surface area contributed by atoms with E-state index < -0.39 is 33.4 Å². The van der Waals surface area contributed by atoms with Crippen LogP contribution in [0.1, 0.15) is 6.92 Å². The van der Waals surface area contributed by atoms with Gasteiger partial charge in [-0.05, 0) is 24.3 Å². The zero-order valence-electron chi connectivity index (χ0n) is 16.3. The van der Waals surface area contributed by atoms with E-state index in [1.54, 1.807) is 36.4 Å². The summed E-state index contributed by atoms with van der Waals surface area (Å²) >= 11 is 0. The van der Waals surface area contributed by atoms with Crippen molar-refractivity contribution < 1.29 is 36.9 Å². The van der Waals surface area contributed by atoms with Crippen molar-refractivity contribution in [3.63, 3.8) is 0 Å². The van der Waals surface area contributed by atoms with Gasteiger partial charge in [0.25, 0.3) is 15.9 Å². The highest BCUT2D eigenvalue weighted by atomic mass is 32.2. The van der Waals surface area contributed by atoms with E-state index >= 15 is 0 Å². The Morgan fingerprint density at radius 3 is 2.13 bits per heavy atom. The molecule has 0 aliphatic heterocycles. The second-order valence-electron chi connectivity index (χ2n) is 5.99. The molecule has 1 aromatic heterocycles. The van der Waals surface area contributed by atoms with Gasteiger partial charge in [0, 0.05) is 6.92 Å². The van der Waals surface area contributed by atoms with E-state index in [0.29, 0.717) is 0 Å². The van der Waals surface area contributed by atoms with Gasteiger partial charge in [0.1, 0.15) is 17.1 Å². The molecule has 0 atom stereocenters. The van der Waals surface area contributed by atoms with E-state index in [4.69, 9.17) is 18.6 Å². The summed E-state index contributed by atoms with van der Waals surface area (Å²) in [5.74, 6) is -1.98. The Morgan fingerprint density at radius 2 is 1.60 bits per heavy atom. The number of benzene rings is 2. The van der Waals surface area contributed by atoms with Gasteiger partial charge in [0.05, 0.1) is 19.1 Å². The lowest BCUT2D eigenvalue weighted by atomic mass is 10.1. The number of nitrogens with one attached hydrogen (secondary N) is 1. The summed E-state index contributed by atoms with van der Waals surface area (Å²) in [7, 11) is -1.28. The number of carbonyl (C=O) groups excluding carboxylic acids is 1. The Hall–Kier alpha value is -3.66. The zero-order valence-corrected chi connectivity index (χ0v) is 17.1. The largest absolute Gasteiger partial charge is 0.502 e. The highest BCUT2D eigenvalue weighted by molar-refractivity contribution is 7.92. The van der Waals surface area contributed by atoms with Crippen LogP contribution in [-0.2, 0) is 14.8 Å². The molecule has 158 valence electrons. The maximum absolute atomic E-state index is 12.7. The summed E-state index contributed by atoms with van der Waals surface area (Å²) in [4.78, 5) is 11.5.